The minimum Gasteiger partial charge on any atom is -0.350 e. The number of carbonyl (C=O) groups excluding carboxylic acids is 1. The average molecular weight is 506 g/mol. The van der Waals surface area contributed by atoms with Crippen molar-refractivity contribution in [1.29, 1.82) is 0 Å². The quantitative estimate of drug-likeness (QED) is 0.363. The van der Waals surface area contributed by atoms with E-state index in [0.29, 0.717) is 16.8 Å². The fourth-order valence-electron chi connectivity index (χ4n) is 3.99. The largest absolute Gasteiger partial charge is 0.416 e. The number of nitrogens with zero attached hydrogens (tertiary/aromatic N) is 5. The van der Waals surface area contributed by atoms with Gasteiger partial charge in [-0.2, -0.15) is 18.3 Å². The van der Waals surface area contributed by atoms with Gasteiger partial charge in [0.05, 0.1) is 24.8 Å². The van der Waals surface area contributed by atoms with Crippen LogP contribution in [0.25, 0.3) is 16.7 Å². The second-order valence-electron chi connectivity index (χ2n) is 8.37. The number of hydrogen-bond donors (Lipinski definition) is 1. The van der Waals surface area contributed by atoms with Crippen LogP contribution in [0.1, 0.15) is 21.5 Å². The first kappa shape index (κ1) is 24.0. The standard InChI is InChI=1S/C26H21F3N6O2/c27-26(28,29)20-5-3-4-18(14-20)16-34-17-31-23-22(25(34)37)15-32-35(23)13-10-30-24(36)19-6-8-21(9-7-19)33-11-1-2-12-33/h1-9,11-12,14-15,17H,10,13,16H2,(H,30,36). The van der Waals surface area contributed by atoms with Gasteiger partial charge in [0, 0.05) is 30.2 Å². The number of nitrogens with one attached hydrogen (secondary N) is 1. The van der Waals surface area contributed by atoms with Gasteiger partial charge in [-0.25, -0.2) is 9.67 Å². The third kappa shape index (κ3) is 5.15. The van der Waals surface area contributed by atoms with Crippen LogP contribution in [0.15, 0.2) is 90.4 Å². The zero-order chi connectivity index (χ0) is 26.0. The highest BCUT2D eigenvalue weighted by Crippen LogP contribution is 2.29. The molecule has 0 spiro atoms. The molecule has 188 valence electrons. The Labute approximate surface area is 208 Å². The molecule has 5 aromatic rings. The van der Waals surface area contributed by atoms with Crippen molar-refractivity contribution in [3.8, 4) is 5.69 Å². The molecule has 0 aliphatic carbocycles. The van der Waals surface area contributed by atoms with Crippen LogP contribution in [0, 0.1) is 0 Å². The molecule has 3 aromatic heterocycles. The van der Waals surface area contributed by atoms with E-state index in [-0.39, 0.29) is 30.9 Å². The van der Waals surface area contributed by atoms with Gasteiger partial charge >= 0.3 is 6.18 Å². The Bertz CT molecular complexity index is 1600. The molecule has 8 nitrogen and oxygen atoms in total. The monoisotopic (exact) mass is 506 g/mol. The van der Waals surface area contributed by atoms with Gasteiger partial charge in [0.25, 0.3) is 11.5 Å². The maximum absolute atomic E-state index is 13.0. The highest BCUT2D eigenvalue weighted by atomic mass is 19.4. The molecule has 1 amide bonds. The summed E-state index contributed by atoms with van der Waals surface area (Å²) >= 11 is 0. The normalized spacial score (nSPS) is 11.6. The van der Waals surface area contributed by atoms with Crippen LogP contribution in [0.2, 0.25) is 0 Å². The van der Waals surface area contributed by atoms with Gasteiger partial charge in [0.1, 0.15) is 11.7 Å². The lowest BCUT2D eigenvalue weighted by Gasteiger charge is -2.10. The van der Waals surface area contributed by atoms with Crippen molar-refractivity contribution in [3.63, 3.8) is 0 Å². The fraction of sp³-hybridized carbons (Fsp3) is 0.154. The van der Waals surface area contributed by atoms with Crippen molar-refractivity contribution >= 4 is 16.9 Å². The van der Waals surface area contributed by atoms with E-state index < -0.39 is 17.3 Å². The molecule has 0 radical (unpaired) electrons. The molecule has 0 fully saturated rings. The zero-order valence-corrected chi connectivity index (χ0v) is 19.4. The molecular weight excluding hydrogens is 485 g/mol. The number of rotatable bonds is 7. The summed E-state index contributed by atoms with van der Waals surface area (Å²) in [7, 11) is 0. The summed E-state index contributed by atoms with van der Waals surface area (Å²) in [4.78, 5) is 29.7. The number of hydrogen-bond acceptors (Lipinski definition) is 4. The predicted molar refractivity (Wildman–Crippen MR) is 130 cm³/mol. The molecule has 0 saturated carbocycles. The molecular formula is C26H21F3N6O2. The van der Waals surface area contributed by atoms with Crippen molar-refractivity contribution in [2.24, 2.45) is 0 Å². The molecule has 0 unspecified atom stereocenters. The lowest BCUT2D eigenvalue weighted by molar-refractivity contribution is -0.137. The van der Waals surface area contributed by atoms with Crippen molar-refractivity contribution in [2.45, 2.75) is 19.3 Å². The van der Waals surface area contributed by atoms with Crippen molar-refractivity contribution < 1.29 is 18.0 Å². The molecule has 0 aliphatic heterocycles. The van der Waals surface area contributed by atoms with E-state index in [4.69, 9.17) is 0 Å². The summed E-state index contributed by atoms with van der Waals surface area (Å²) in [5.74, 6) is -0.244. The Kier molecular flexibility index (Phi) is 6.34. The minimum absolute atomic E-state index is 0.0595. The Morgan fingerprint density at radius 3 is 2.49 bits per heavy atom. The van der Waals surface area contributed by atoms with E-state index in [0.717, 1.165) is 17.8 Å². The van der Waals surface area contributed by atoms with Gasteiger partial charge in [0.15, 0.2) is 5.65 Å². The van der Waals surface area contributed by atoms with Gasteiger partial charge in [0.2, 0.25) is 0 Å². The summed E-state index contributed by atoms with van der Waals surface area (Å²) in [5, 5.41) is 7.26. The summed E-state index contributed by atoms with van der Waals surface area (Å²) in [5.41, 5.74) is 0.913. The number of amides is 1. The molecule has 0 aliphatic rings. The van der Waals surface area contributed by atoms with E-state index in [1.165, 1.54) is 33.9 Å². The number of fused-ring (bicyclic) bond motifs is 1. The van der Waals surface area contributed by atoms with E-state index in [1.54, 1.807) is 12.1 Å². The highest BCUT2D eigenvalue weighted by Gasteiger charge is 2.30. The number of halogens is 3. The summed E-state index contributed by atoms with van der Waals surface area (Å²) in [6.45, 7) is 0.473. The number of alkyl halides is 3. The summed E-state index contributed by atoms with van der Waals surface area (Å²) < 4.78 is 43.7. The number of carbonyl (C=O) groups is 1. The number of aromatic nitrogens is 5. The summed E-state index contributed by atoms with van der Waals surface area (Å²) in [6, 6.07) is 15.8. The van der Waals surface area contributed by atoms with Crippen molar-refractivity contribution in [3.05, 3.63) is 113 Å². The molecule has 3 heterocycles. The number of benzene rings is 2. The minimum atomic E-state index is -4.47. The lowest BCUT2D eigenvalue weighted by Crippen LogP contribution is -2.27. The Morgan fingerprint density at radius 1 is 1.00 bits per heavy atom. The second-order valence-corrected chi connectivity index (χ2v) is 8.37. The van der Waals surface area contributed by atoms with E-state index in [1.807, 2.05) is 41.2 Å². The third-order valence-corrected chi connectivity index (χ3v) is 5.87. The molecule has 37 heavy (non-hydrogen) atoms. The first-order valence-corrected chi connectivity index (χ1v) is 11.4. The van der Waals surface area contributed by atoms with Crippen molar-refractivity contribution in [2.75, 3.05) is 6.54 Å². The second kappa shape index (κ2) is 9.76. The predicted octanol–water partition coefficient (Wildman–Crippen LogP) is 3.88. The zero-order valence-electron chi connectivity index (χ0n) is 19.4. The van der Waals surface area contributed by atoms with E-state index >= 15 is 0 Å². The molecule has 0 saturated heterocycles. The first-order valence-electron chi connectivity index (χ1n) is 11.4. The van der Waals surface area contributed by atoms with Crippen LogP contribution in [-0.2, 0) is 19.3 Å². The first-order chi connectivity index (χ1) is 17.8. The maximum Gasteiger partial charge on any atom is 0.416 e. The molecule has 1 N–H and O–H groups in total. The average Bonchev–Trinajstić information content (AvgIpc) is 3.57. The third-order valence-electron chi connectivity index (χ3n) is 5.87. The van der Waals surface area contributed by atoms with Gasteiger partial charge in [-0.3, -0.25) is 14.2 Å². The highest BCUT2D eigenvalue weighted by molar-refractivity contribution is 5.94. The van der Waals surface area contributed by atoms with Crippen LogP contribution in [0.3, 0.4) is 0 Å². The van der Waals surface area contributed by atoms with Gasteiger partial charge in [-0.05, 0) is 54.1 Å². The lowest BCUT2D eigenvalue weighted by atomic mass is 10.1. The van der Waals surface area contributed by atoms with E-state index in [2.05, 4.69) is 15.4 Å². The Balaban J connectivity index is 1.24. The molecule has 2 aromatic carbocycles. The maximum atomic E-state index is 13.0. The molecule has 11 heteroatoms. The Morgan fingerprint density at radius 2 is 1.76 bits per heavy atom. The van der Waals surface area contributed by atoms with Crippen LogP contribution in [0.4, 0.5) is 13.2 Å². The van der Waals surface area contributed by atoms with Crippen LogP contribution in [0.5, 0.6) is 0 Å². The Hall–Kier alpha value is -4.67. The fourth-order valence-corrected chi connectivity index (χ4v) is 3.99. The topological polar surface area (TPSA) is 86.7 Å². The van der Waals surface area contributed by atoms with Crippen LogP contribution < -0.4 is 10.9 Å². The van der Waals surface area contributed by atoms with Gasteiger partial charge in [-0.1, -0.05) is 12.1 Å². The smallest absolute Gasteiger partial charge is 0.350 e. The molecule has 5 rings (SSSR count). The van der Waals surface area contributed by atoms with E-state index in [9.17, 15) is 22.8 Å². The van der Waals surface area contributed by atoms with Crippen LogP contribution >= 0.6 is 0 Å². The van der Waals surface area contributed by atoms with Crippen LogP contribution in [-0.4, -0.2) is 36.4 Å². The van der Waals surface area contributed by atoms with Crippen molar-refractivity contribution in [1.82, 2.24) is 29.2 Å². The SMILES string of the molecule is O=C(NCCn1ncc2c(=O)n(Cc3cccc(C(F)(F)F)c3)cnc21)c1ccc(-n2cccc2)cc1. The molecule has 0 atom stereocenters. The molecule has 0 bridgehead atoms. The van der Waals surface area contributed by atoms with Gasteiger partial charge in [-0.15, -0.1) is 0 Å². The summed E-state index contributed by atoms with van der Waals surface area (Å²) in [6.07, 6.45) is 2.02. The van der Waals surface area contributed by atoms with Gasteiger partial charge < -0.3 is 9.88 Å².